The van der Waals surface area contributed by atoms with E-state index in [0.717, 1.165) is 25.6 Å². The normalized spacial score (nSPS) is 17.1. The van der Waals surface area contributed by atoms with Crippen LogP contribution in [-0.4, -0.2) is 37.0 Å². The lowest BCUT2D eigenvalue weighted by Gasteiger charge is -2.30. The van der Waals surface area contributed by atoms with Gasteiger partial charge in [-0.25, -0.2) is 0 Å². The molecule has 0 aromatic heterocycles. The largest absolute Gasteiger partial charge is 0.399 e. The van der Waals surface area contributed by atoms with Crippen LogP contribution in [0.25, 0.3) is 0 Å². The molecule has 0 spiro atoms. The average molecular weight is 276 g/mol. The fourth-order valence-corrected chi connectivity index (χ4v) is 2.52. The number of carbonyl (C=O) groups is 1. The number of hydrogen-bond donors (Lipinski definition) is 3. The van der Waals surface area contributed by atoms with E-state index in [0.29, 0.717) is 23.5 Å². The van der Waals surface area contributed by atoms with Gasteiger partial charge in [0, 0.05) is 30.0 Å². The number of nitrogens with two attached hydrogens (primary N) is 2. The van der Waals surface area contributed by atoms with E-state index in [1.165, 1.54) is 12.8 Å². The number of nitrogens with one attached hydrogen (secondary N) is 1. The van der Waals surface area contributed by atoms with Crippen molar-refractivity contribution >= 4 is 17.3 Å². The Kier molecular flexibility index (Phi) is 4.84. The average Bonchev–Trinajstić information content (AvgIpc) is 2.40. The maximum atomic E-state index is 12.0. The molecule has 1 aliphatic rings. The minimum Gasteiger partial charge on any atom is -0.399 e. The van der Waals surface area contributed by atoms with Crippen molar-refractivity contribution in [2.75, 3.05) is 37.6 Å². The van der Waals surface area contributed by atoms with E-state index < -0.39 is 0 Å². The smallest absolute Gasteiger partial charge is 0.251 e. The molecule has 1 amide bonds. The third-order valence-corrected chi connectivity index (χ3v) is 3.83. The number of carbonyl (C=O) groups excluding carboxylic acids is 1. The Morgan fingerprint density at radius 3 is 2.45 bits per heavy atom. The Balaban J connectivity index is 1.77. The molecule has 5 N–H and O–H groups in total. The Hall–Kier alpha value is -1.75. The summed E-state index contributed by atoms with van der Waals surface area (Å²) >= 11 is 0. The highest BCUT2D eigenvalue weighted by molar-refractivity contribution is 5.96. The van der Waals surface area contributed by atoms with E-state index in [1.807, 2.05) is 0 Å². The molecule has 5 heteroatoms. The summed E-state index contributed by atoms with van der Waals surface area (Å²) in [6.07, 6.45) is 2.50. The summed E-state index contributed by atoms with van der Waals surface area (Å²) in [7, 11) is 0. The second kappa shape index (κ2) is 6.61. The molecule has 1 aromatic carbocycles. The van der Waals surface area contributed by atoms with Gasteiger partial charge in [0.25, 0.3) is 5.91 Å². The fourth-order valence-electron chi connectivity index (χ4n) is 2.52. The molecular formula is C15H24N4O. The molecule has 1 heterocycles. The number of nitrogens with zero attached hydrogens (tertiary/aromatic N) is 1. The predicted octanol–water partition coefficient (Wildman–Crippen LogP) is 1.31. The number of amides is 1. The summed E-state index contributed by atoms with van der Waals surface area (Å²) in [4.78, 5) is 14.4. The first-order valence-corrected chi connectivity index (χ1v) is 7.21. The van der Waals surface area contributed by atoms with E-state index in [-0.39, 0.29) is 5.91 Å². The van der Waals surface area contributed by atoms with Crippen molar-refractivity contribution in [2.45, 2.75) is 19.8 Å². The van der Waals surface area contributed by atoms with Gasteiger partial charge in [-0.3, -0.25) is 4.79 Å². The number of rotatable bonds is 4. The molecule has 5 nitrogen and oxygen atoms in total. The van der Waals surface area contributed by atoms with E-state index in [4.69, 9.17) is 11.5 Å². The third-order valence-electron chi connectivity index (χ3n) is 3.83. The lowest BCUT2D eigenvalue weighted by Crippen LogP contribution is -2.39. The number of benzene rings is 1. The summed E-state index contributed by atoms with van der Waals surface area (Å²) in [5.74, 6) is 0.713. The van der Waals surface area contributed by atoms with Crippen molar-refractivity contribution in [3.63, 3.8) is 0 Å². The molecule has 0 radical (unpaired) electrons. The second-order valence-electron chi connectivity index (χ2n) is 5.67. The Labute approximate surface area is 120 Å². The first-order chi connectivity index (χ1) is 9.54. The predicted molar refractivity (Wildman–Crippen MR) is 82.4 cm³/mol. The van der Waals surface area contributed by atoms with Crippen molar-refractivity contribution in [3.8, 4) is 0 Å². The number of hydrogen-bond acceptors (Lipinski definition) is 4. The van der Waals surface area contributed by atoms with Gasteiger partial charge in [-0.05, 0) is 50.0 Å². The quantitative estimate of drug-likeness (QED) is 0.724. The van der Waals surface area contributed by atoms with Crippen LogP contribution in [0.4, 0.5) is 11.4 Å². The number of likely N-dealkylation sites (tertiary alicyclic amines) is 1. The van der Waals surface area contributed by atoms with Crippen LogP contribution in [0.2, 0.25) is 0 Å². The Morgan fingerprint density at radius 2 is 1.85 bits per heavy atom. The number of piperidine rings is 1. The van der Waals surface area contributed by atoms with Crippen LogP contribution in [0.15, 0.2) is 18.2 Å². The van der Waals surface area contributed by atoms with E-state index in [1.54, 1.807) is 18.2 Å². The van der Waals surface area contributed by atoms with Crippen molar-refractivity contribution in [3.05, 3.63) is 23.8 Å². The molecule has 0 bridgehead atoms. The van der Waals surface area contributed by atoms with E-state index in [2.05, 4.69) is 17.1 Å². The minimum atomic E-state index is -0.116. The number of anilines is 2. The third kappa shape index (κ3) is 4.13. The molecule has 2 rings (SSSR count). The highest BCUT2D eigenvalue weighted by Gasteiger charge is 2.15. The molecule has 0 saturated carbocycles. The van der Waals surface area contributed by atoms with Gasteiger partial charge in [0.05, 0.1) is 0 Å². The Morgan fingerprint density at radius 1 is 1.25 bits per heavy atom. The zero-order chi connectivity index (χ0) is 14.5. The lowest BCUT2D eigenvalue weighted by molar-refractivity contribution is 0.0944. The van der Waals surface area contributed by atoms with Crippen molar-refractivity contribution in [1.29, 1.82) is 0 Å². The number of nitrogen functional groups attached to an aromatic ring is 2. The maximum absolute atomic E-state index is 12.0. The molecule has 20 heavy (non-hydrogen) atoms. The monoisotopic (exact) mass is 276 g/mol. The van der Waals surface area contributed by atoms with Crippen LogP contribution < -0.4 is 16.8 Å². The molecule has 110 valence electrons. The van der Waals surface area contributed by atoms with Gasteiger partial charge < -0.3 is 21.7 Å². The molecule has 0 unspecified atom stereocenters. The van der Waals surface area contributed by atoms with Crippen molar-refractivity contribution in [2.24, 2.45) is 5.92 Å². The van der Waals surface area contributed by atoms with E-state index >= 15 is 0 Å². The highest BCUT2D eigenvalue weighted by atomic mass is 16.1. The lowest BCUT2D eigenvalue weighted by atomic mass is 9.99. The Bertz CT molecular complexity index is 447. The fraction of sp³-hybridized carbons (Fsp3) is 0.533. The zero-order valence-corrected chi connectivity index (χ0v) is 12.1. The minimum absolute atomic E-state index is 0.116. The van der Waals surface area contributed by atoms with Gasteiger partial charge in [-0.15, -0.1) is 0 Å². The summed E-state index contributed by atoms with van der Waals surface area (Å²) in [6.45, 7) is 6.10. The molecule has 0 atom stereocenters. The van der Waals surface area contributed by atoms with Crippen LogP contribution in [0.3, 0.4) is 0 Å². The molecular weight excluding hydrogens is 252 g/mol. The zero-order valence-electron chi connectivity index (χ0n) is 12.1. The van der Waals surface area contributed by atoms with Gasteiger partial charge in [0.15, 0.2) is 0 Å². The highest BCUT2D eigenvalue weighted by Crippen LogP contribution is 2.15. The summed E-state index contributed by atoms with van der Waals surface area (Å²) in [6, 6.07) is 4.94. The van der Waals surface area contributed by atoms with Gasteiger partial charge >= 0.3 is 0 Å². The van der Waals surface area contributed by atoms with Crippen LogP contribution in [0.1, 0.15) is 30.1 Å². The summed E-state index contributed by atoms with van der Waals surface area (Å²) in [5, 5.41) is 2.92. The van der Waals surface area contributed by atoms with Crippen molar-refractivity contribution in [1.82, 2.24) is 10.2 Å². The van der Waals surface area contributed by atoms with E-state index in [9.17, 15) is 4.79 Å². The second-order valence-corrected chi connectivity index (χ2v) is 5.67. The van der Waals surface area contributed by atoms with Crippen LogP contribution in [0, 0.1) is 5.92 Å². The maximum Gasteiger partial charge on any atom is 0.251 e. The van der Waals surface area contributed by atoms with Crippen LogP contribution in [-0.2, 0) is 0 Å². The van der Waals surface area contributed by atoms with Crippen molar-refractivity contribution < 1.29 is 4.79 Å². The standard InChI is InChI=1S/C15H24N4O/c1-11-2-5-19(6-3-11)7-4-18-15(20)12-8-13(16)10-14(17)9-12/h8-11H,2-7,16-17H2,1H3,(H,18,20). The van der Waals surface area contributed by atoms with Crippen LogP contribution >= 0.6 is 0 Å². The van der Waals surface area contributed by atoms with Gasteiger partial charge in [0.2, 0.25) is 0 Å². The van der Waals surface area contributed by atoms with Gasteiger partial charge in [-0.2, -0.15) is 0 Å². The molecule has 1 aliphatic heterocycles. The van der Waals surface area contributed by atoms with Crippen LogP contribution in [0.5, 0.6) is 0 Å². The molecule has 1 saturated heterocycles. The molecule has 1 aromatic rings. The first kappa shape index (κ1) is 14.7. The first-order valence-electron chi connectivity index (χ1n) is 7.21. The SMILES string of the molecule is CC1CCN(CCNC(=O)c2cc(N)cc(N)c2)CC1. The summed E-state index contributed by atoms with van der Waals surface area (Å²) in [5.41, 5.74) is 12.9. The molecule has 1 fully saturated rings. The molecule has 0 aliphatic carbocycles. The topological polar surface area (TPSA) is 84.4 Å². The summed E-state index contributed by atoms with van der Waals surface area (Å²) < 4.78 is 0. The van der Waals surface area contributed by atoms with Gasteiger partial charge in [0.1, 0.15) is 0 Å². The van der Waals surface area contributed by atoms with Gasteiger partial charge in [-0.1, -0.05) is 6.92 Å².